The topological polar surface area (TPSA) is 41.6 Å². The molecule has 4 heteroatoms. The lowest BCUT2D eigenvalue weighted by Crippen LogP contribution is -2.03. The average Bonchev–Trinajstić information content (AvgIpc) is 2.80. The van der Waals surface area contributed by atoms with E-state index in [9.17, 15) is 4.39 Å². The van der Waals surface area contributed by atoms with Crippen LogP contribution in [0.15, 0.2) is 36.4 Å². The van der Waals surface area contributed by atoms with Gasteiger partial charge in [-0.3, -0.25) is 0 Å². The quantitative estimate of drug-likeness (QED) is 0.734. The maximum Gasteiger partial charge on any atom is 0.123 e. The minimum absolute atomic E-state index is 0.250. The summed E-state index contributed by atoms with van der Waals surface area (Å²) in [6, 6.07) is 12.7. The zero-order chi connectivity index (χ0) is 15.7. The molecule has 0 unspecified atom stereocenters. The molecular weight excluding hydrogens is 277 g/mol. The molecule has 1 heterocycles. The second-order valence-corrected chi connectivity index (χ2v) is 5.50. The summed E-state index contributed by atoms with van der Waals surface area (Å²) in [7, 11) is 0. The van der Waals surface area contributed by atoms with Crippen LogP contribution in [0.5, 0.6) is 0 Å². The summed E-state index contributed by atoms with van der Waals surface area (Å²) in [5.41, 5.74) is 5.21. The van der Waals surface area contributed by atoms with Crippen molar-refractivity contribution in [3.63, 3.8) is 0 Å². The summed E-state index contributed by atoms with van der Waals surface area (Å²) in [4.78, 5) is 4.67. The third-order valence-electron chi connectivity index (χ3n) is 3.95. The van der Waals surface area contributed by atoms with E-state index in [0.717, 1.165) is 22.4 Å². The van der Waals surface area contributed by atoms with Gasteiger partial charge in [-0.15, -0.1) is 0 Å². The Hall–Kier alpha value is -2.67. The number of imidazole rings is 1. The van der Waals surface area contributed by atoms with Gasteiger partial charge in [0.05, 0.1) is 17.1 Å². The van der Waals surface area contributed by atoms with Crippen molar-refractivity contribution >= 4 is 11.0 Å². The highest BCUT2D eigenvalue weighted by Crippen LogP contribution is 2.22. The summed E-state index contributed by atoms with van der Waals surface area (Å²) in [6.07, 6.45) is 0.578. The summed E-state index contributed by atoms with van der Waals surface area (Å²) in [6.45, 7) is 4.37. The third kappa shape index (κ3) is 2.58. The number of hydrogen-bond donors (Lipinski definition) is 0. The zero-order valence-electron chi connectivity index (χ0n) is 12.6. The molecule has 0 aliphatic carbocycles. The molecule has 2 aromatic carbocycles. The second-order valence-electron chi connectivity index (χ2n) is 5.50. The molecule has 0 atom stereocenters. The van der Waals surface area contributed by atoms with Gasteiger partial charge < -0.3 is 4.57 Å². The molecule has 3 nitrogen and oxygen atoms in total. The molecule has 1 aromatic heterocycles. The third-order valence-corrected chi connectivity index (χ3v) is 3.95. The molecule has 0 saturated carbocycles. The van der Waals surface area contributed by atoms with Crippen LogP contribution in [-0.4, -0.2) is 9.55 Å². The fourth-order valence-corrected chi connectivity index (χ4v) is 2.60. The average molecular weight is 293 g/mol. The SMILES string of the molecule is Cc1cc2nc(Cc3ccc(F)cc3)n(CC#N)c2cc1C. The lowest BCUT2D eigenvalue weighted by Gasteiger charge is -2.06. The summed E-state index contributed by atoms with van der Waals surface area (Å²) in [5, 5.41) is 9.10. The van der Waals surface area contributed by atoms with Crippen molar-refractivity contribution in [1.82, 2.24) is 9.55 Å². The van der Waals surface area contributed by atoms with Crippen molar-refractivity contribution in [1.29, 1.82) is 5.26 Å². The van der Waals surface area contributed by atoms with Crippen LogP contribution in [0.2, 0.25) is 0 Å². The molecule has 0 radical (unpaired) electrons. The van der Waals surface area contributed by atoms with Crippen molar-refractivity contribution in [3.05, 3.63) is 64.7 Å². The van der Waals surface area contributed by atoms with Crippen LogP contribution < -0.4 is 0 Å². The van der Waals surface area contributed by atoms with Crippen molar-refractivity contribution in [2.75, 3.05) is 0 Å². The number of benzene rings is 2. The van der Waals surface area contributed by atoms with E-state index in [4.69, 9.17) is 5.26 Å². The van der Waals surface area contributed by atoms with Crippen LogP contribution in [-0.2, 0) is 13.0 Å². The maximum atomic E-state index is 13.0. The summed E-state index contributed by atoms with van der Waals surface area (Å²) >= 11 is 0. The first-order valence-corrected chi connectivity index (χ1v) is 7.16. The van der Waals surface area contributed by atoms with Crippen molar-refractivity contribution in [3.8, 4) is 6.07 Å². The van der Waals surface area contributed by atoms with Gasteiger partial charge in [-0.05, 0) is 54.8 Å². The highest BCUT2D eigenvalue weighted by molar-refractivity contribution is 5.78. The Kier molecular flexibility index (Phi) is 3.64. The van der Waals surface area contributed by atoms with E-state index in [0.29, 0.717) is 6.42 Å². The Labute approximate surface area is 128 Å². The Balaban J connectivity index is 2.10. The van der Waals surface area contributed by atoms with Gasteiger partial charge in [0.1, 0.15) is 18.2 Å². The van der Waals surface area contributed by atoms with Crippen molar-refractivity contribution in [2.45, 2.75) is 26.8 Å². The Bertz CT molecular complexity index is 870. The number of hydrogen-bond acceptors (Lipinski definition) is 2. The van der Waals surface area contributed by atoms with Crippen LogP contribution in [0.4, 0.5) is 4.39 Å². The van der Waals surface area contributed by atoms with Crippen LogP contribution in [0.3, 0.4) is 0 Å². The summed E-state index contributed by atoms with van der Waals surface area (Å²) in [5.74, 6) is 0.577. The molecule has 0 aliphatic rings. The fraction of sp³-hybridized carbons (Fsp3) is 0.222. The predicted molar refractivity (Wildman–Crippen MR) is 84.0 cm³/mol. The largest absolute Gasteiger partial charge is 0.314 e. The van der Waals surface area contributed by atoms with E-state index in [1.807, 2.05) is 10.6 Å². The molecule has 0 amide bonds. The van der Waals surface area contributed by atoms with E-state index in [2.05, 4.69) is 31.0 Å². The molecule has 0 saturated heterocycles. The molecule has 0 fully saturated rings. The van der Waals surface area contributed by atoms with E-state index >= 15 is 0 Å². The highest BCUT2D eigenvalue weighted by Gasteiger charge is 2.12. The molecule has 3 aromatic rings. The van der Waals surface area contributed by atoms with E-state index in [-0.39, 0.29) is 12.4 Å². The molecule has 3 rings (SSSR count). The van der Waals surface area contributed by atoms with Gasteiger partial charge in [0.15, 0.2) is 0 Å². The normalized spacial score (nSPS) is 10.8. The number of fused-ring (bicyclic) bond motifs is 1. The monoisotopic (exact) mass is 293 g/mol. The smallest absolute Gasteiger partial charge is 0.123 e. The van der Waals surface area contributed by atoms with E-state index in [1.165, 1.54) is 23.3 Å². The predicted octanol–water partition coefficient (Wildman–Crippen LogP) is 3.91. The number of aromatic nitrogens is 2. The lowest BCUT2D eigenvalue weighted by molar-refractivity contribution is 0.627. The van der Waals surface area contributed by atoms with Gasteiger partial charge in [0, 0.05) is 6.42 Å². The minimum atomic E-state index is -0.250. The summed E-state index contributed by atoms with van der Waals surface area (Å²) < 4.78 is 15.0. The number of aryl methyl sites for hydroxylation is 2. The highest BCUT2D eigenvalue weighted by atomic mass is 19.1. The first-order valence-electron chi connectivity index (χ1n) is 7.16. The van der Waals surface area contributed by atoms with Crippen LogP contribution in [0, 0.1) is 31.0 Å². The van der Waals surface area contributed by atoms with Gasteiger partial charge in [0.25, 0.3) is 0 Å². The molecular formula is C18H16FN3. The molecule has 0 aliphatic heterocycles. The number of nitrogens with zero attached hydrogens (tertiary/aromatic N) is 3. The fourth-order valence-electron chi connectivity index (χ4n) is 2.60. The van der Waals surface area contributed by atoms with Crippen LogP contribution in [0.1, 0.15) is 22.5 Å². The van der Waals surface area contributed by atoms with Gasteiger partial charge in [-0.25, -0.2) is 9.37 Å². The Morgan fingerprint density at radius 2 is 1.82 bits per heavy atom. The molecule has 0 spiro atoms. The van der Waals surface area contributed by atoms with Crippen LogP contribution in [0.25, 0.3) is 11.0 Å². The molecule has 0 N–H and O–H groups in total. The van der Waals surface area contributed by atoms with Gasteiger partial charge in [0.2, 0.25) is 0 Å². The molecule has 110 valence electrons. The van der Waals surface area contributed by atoms with E-state index < -0.39 is 0 Å². The van der Waals surface area contributed by atoms with Crippen molar-refractivity contribution in [2.24, 2.45) is 0 Å². The first kappa shape index (κ1) is 14.3. The van der Waals surface area contributed by atoms with Crippen molar-refractivity contribution < 1.29 is 4.39 Å². The maximum absolute atomic E-state index is 13.0. The van der Waals surface area contributed by atoms with Gasteiger partial charge >= 0.3 is 0 Å². The number of nitriles is 1. The second kappa shape index (κ2) is 5.61. The lowest BCUT2D eigenvalue weighted by atomic mass is 10.1. The Morgan fingerprint density at radius 1 is 1.14 bits per heavy atom. The minimum Gasteiger partial charge on any atom is -0.314 e. The number of rotatable bonds is 3. The molecule has 22 heavy (non-hydrogen) atoms. The van der Waals surface area contributed by atoms with Crippen LogP contribution >= 0.6 is 0 Å². The standard InChI is InChI=1S/C18H16FN3/c1-12-9-16-17(10-13(12)2)22(8-7-20)18(21-16)11-14-3-5-15(19)6-4-14/h3-6,9-10H,8,11H2,1-2H3. The van der Waals surface area contributed by atoms with Gasteiger partial charge in [-0.2, -0.15) is 5.26 Å². The molecule has 0 bridgehead atoms. The van der Waals surface area contributed by atoms with E-state index in [1.54, 1.807) is 12.1 Å². The number of halogens is 1. The Morgan fingerprint density at radius 3 is 2.50 bits per heavy atom. The van der Waals surface area contributed by atoms with Gasteiger partial charge in [-0.1, -0.05) is 12.1 Å². The zero-order valence-corrected chi connectivity index (χ0v) is 12.6. The first-order chi connectivity index (χ1) is 10.6.